The molecule has 2 aromatic rings. The van der Waals surface area contributed by atoms with Crippen LogP contribution in [0.25, 0.3) is 10.9 Å². The number of aromatic nitrogens is 1. The number of hydrogen-bond donors (Lipinski definition) is 2. The van der Waals surface area contributed by atoms with Crippen LogP contribution in [0.4, 0.5) is 5.69 Å². The van der Waals surface area contributed by atoms with Crippen LogP contribution in [-0.4, -0.2) is 22.6 Å². The molecule has 1 heterocycles. The standard InChI is InChI=1S/C14H14N2O2/c1-2-3-8-15-13-10-6-4-5-7-12(10)16-9-11(13)14(17)18/h2,4-7,9H,1,3,8H2,(H,15,16)(H,17,18). The molecule has 0 saturated carbocycles. The number of aromatic carboxylic acids is 1. The van der Waals surface area contributed by atoms with Crippen LogP contribution in [0.1, 0.15) is 16.8 Å². The molecule has 0 saturated heterocycles. The van der Waals surface area contributed by atoms with E-state index in [1.165, 1.54) is 6.20 Å². The summed E-state index contributed by atoms with van der Waals surface area (Å²) < 4.78 is 0. The summed E-state index contributed by atoms with van der Waals surface area (Å²) in [5.41, 5.74) is 1.59. The minimum atomic E-state index is -0.977. The molecule has 0 bridgehead atoms. The maximum absolute atomic E-state index is 11.2. The zero-order chi connectivity index (χ0) is 13.0. The van der Waals surface area contributed by atoms with E-state index in [2.05, 4.69) is 16.9 Å². The van der Waals surface area contributed by atoms with Crippen molar-refractivity contribution < 1.29 is 9.90 Å². The van der Waals surface area contributed by atoms with Gasteiger partial charge in [-0.05, 0) is 12.5 Å². The maximum atomic E-state index is 11.2. The summed E-state index contributed by atoms with van der Waals surface area (Å²) in [7, 11) is 0. The van der Waals surface area contributed by atoms with E-state index in [0.29, 0.717) is 12.2 Å². The van der Waals surface area contributed by atoms with Gasteiger partial charge in [0, 0.05) is 18.1 Å². The second kappa shape index (κ2) is 5.31. The molecule has 0 aliphatic carbocycles. The van der Waals surface area contributed by atoms with Crippen molar-refractivity contribution in [2.75, 3.05) is 11.9 Å². The lowest BCUT2D eigenvalue weighted by molar-refractivity contribution is 0.0697. The molecule has 0 spiro atoms. The Balaban J connectivity index is 2.51. The van der Waals surface area contributed by atoms with E-state index >= 15 is 0 Å². The third kappa shape index (κ3) is 2.32. The van der Waals surface area contributed by atoms with Crippen molar-refractivity contribution in [3.8, 4) is 0 Å². The highest BCUT2D eigenvalue weighted by Gasteiger charge is 2.13. The molecule has 92 valence electrons. The molecule has 1 aromatic heterocycles. The summed E-state index contributed by atoms with van der Waals surface area (Å²) in [6, 6.07) is 7.47. The predicted octanol–water partition coefficient (Wildman–Crippen LogP) is 2.92. The summed E-state index contributed by atoms with van der Waals surface area (Å²) in [5, 5.41) is 13.1. The minimum Gasteiger partial charge on any atom is -0.478 e. The number of nitrogens with one attached hydrogen (secondary N) is 1. The Morgan fingerprint density at radius 2 is 2.22 bits per heavy atom. The maximum Gasteiger partial charge on any atom is 0.339 e. The molecule has 4 nitrogen and oxygen atoms in total. The van der Waals surface area contributed by atoms with E-state index in [4.69, 9.17) is 0 Å². The monoisotopic (exact) mass is 242 g/mol. The molecular weight excluding hydrogens is 228 g/mol. The van der Waals surface area contributed by atoms with Crippen molar-refractivity contribution in [1.82, 2.24) is 4.98 Å². The van der Waals surface area contributed by atoms with Crippen LogP contribution in [0, 0.1) is 0 Å². The highest BCUT2D eigenvalue weighted by Crippen LogP contribution is 2.25. The lowest BCUT2D eigenvalue weighted by Gasteiger charge is -2.11. The number of carboxylic acid groups (broad SMARTS) is 1. The van der Waals surface area contributed by atoms with E-state index in [1.54, 1.807) is 6.08 Å². The first-order valence-corrected chi connectivity index (χ1v) is 5.70. The van der Waals surface area contributed by atoms with E-state index < -0.39 is 5.97 Å². The SMILES string of the molecule is C=CCCNc1c(C(=O)O)cnc2ccccc12. The molecule has 0 aliphatic heterocycles. The predicted molar refractivity (Wildman–Crippen MR) is 72.0 cm³/mol. The van der Waals surface area contributed by atoms with Crippen molar-refractivity contribution in [2.45, 2.75) is 6.42 Å². The van der Waals surface area contributed by atoms with Crippen LogP contribution in [0.15, 0.2) is 43.1 Å². The molecule has 0 radical (unpaired) electrons. The Bertz CT molecular complexity index is 593. The first-order chi connectivity index (χ1) is 8.74. The molecule has 0 unspecified atom stereocenters. The molecule has 0 amide bonds. The third-order valence-corrected chi connectivity index (χ3v) is 2.66. The van der Waals surface area contributed by atoms with Crippen LogP contribution in [0.2, 0.25) is 0 Å². The van der Waals surface area contributed by atoms with Crippen molar-refractivity contribution >= 4 is 22.6 Å². The number of rotatable bonds is 5. The fraction of sp³-hybridized carbons (Fsp3) is 0.143. The smallest absolute Gasteiger partial charge is 0.339 e. The van der Waals surface area contributed by atoms with Gasteiger partial charge in [0.05, 0.1) is 11.2 Å². The number of carboxylic acids is 1. The van der Waals surface area contributed by atoms with Gasteiger partial charge in [0.1, 0.15) is 5.56 Å². The molecule has 0 fully saturated rings. The van der Waals surface area contributed by atoms with Gasteiger partial charge in [-0.2, -0.15) is 0 Å². The highest BCUT2D eigenvalue weighted by molar-refractivity contribution is 6.04. The Hall–Kier alpha value is -2.36. The lowest BCUT2D eigenvalue weighted by Crippen LogP contribution is -2.08. The average Bonchev–Trinajstić information content (AvgIpc) is 2.38. The summed E-state index contributed by atoms with van der Waals surface area (Å²) in [5.74, 6) is -0.977. The second-order valence-corrected chi connectivity index (χ2v) is 3.87. The van der Waals surface area contributed by atoms with Gasteiger partial charge in [-0.1, -0.05) is 24.3 Å². The van der Waals surface area contributed by atoms with Gasteiger partial charge in [-0.25, -0.2) is 4.79 Å². The zero-order valence-corrected chi connectivity index (χ0v) is 9.89. The molecule has 0 atom stereocenters. The number of fused-ring (bicyclic) bond motifs is 1. The van der Waals surface area contributed by atoms with Crippen LogP contribution in [-0.2, 0) is 0 Å². The minimum absolute atomic E-state index is 0.192. The first-order valence-electron chi connectivity index (χ1n) is 5.70. The van der Waals surface area contributed by atoms with Gasteiger partial charge in [0.25, 0.3) is 0 Å². The zero-order valence-electron chi connectivity index (χ0n) is 9.89. The van der Waals surface area contributed by atoms with Gasteiger partial charge in [-0.15, -0.1) is 6.58 Å². The van der Waals surface area contributed by atoms with Crippen molar-refractivity contribution in [1.29, 1.82) is 0 Å². The van der Waals surface area contributed by atoms with Gasteiger partial charge in [0.2, 0.25) is 0 Å². The molecule has 1 aromatic carbocycles. The molecular formula is C14H14N2O2. The van der Waals surface area contributed by atoms with Gasteiger partial charge in [0.15, 0.2) is 0 Å². The number of anilines is 1. The Kier molecular flexibility index (Phi) is 3.57. The number of carbonyl (C=O) groups is 1. The molecule has 4 heteroatoms. The van der Waals surface area contributed by atoms with E-state index in [-0.39, 0.29) is 5.56 Å². The summed E-state index contributed by atoms with van der Waals surface area (Å²) in [6.45, 7) is 4.29. The van der Waals surface area contributed by atoms with Crippen molar-refractivity contribution in [3.63, 3.8) is 0 Å². The number of hydrogen-bond acceptors (Lipinski definition) is 3. The Morgan fingerprint density at radius 3 is 2.94 bits per heavy atom. The van der Waals surface area contributed by atoms with Gasteiger partial charge < -0.3 is 10.4 Å². The molecule has 18 heavy (non-hydrogen) atoms. The summed E-state index contributed by atoms with van der Waals surface area (Å²) in [4.78, 5) is 15.3. The summed E-state index contributed by atoms with van der Waals surface area (Å²) >= 11 is 0. The normalized spacial score (nSPS) is 10.2. The molecule has 0 aliphatic rings. The van der Waals surface area contributed by atoms with Gasteiger partial charge in [-0.3, -0.25) is 4.98 Å². The Morgan fingerprint density at radius 1 is 1.44 bits per heavy atom. The fourth-order valence-electron chi connectivity index (χ4n) is 1.79. The largest absolute Gasteiger partial charge is 0.478 e. The summed E-state index contributed by atoms with van der Waals surface area (Å²) in [6.07, 6.45) is 3.95. The third-order valence-electron chi connectivity index (χ3n) is 2.66. The lowest BCUT2D eigenvalue weighted by atomic mass is 10.1. The first kappa shape index (κ1) is 12.1. The van der Waals surface area contributed by atoms with E-state index in [1.807, 2.05) is 24.3 Å². The van der Waals surface area contributed by atoms with E-state index in [9.17, 15) is 9.90 Å². The number of benzene rings is 1. The number of pyridine rings is 1. The van der Waals surface area contributed by atoms with Crippen LogP contribution in [0.3, 0.4) is 0 Å². The Labute approximate surface area is 105 Å². The second-order valence-electron chi connectivity index (χ2n) is 3.87. The topological polar surface area (TPSA) is 62.2 Å². The van der Waals surface area contributed by atoms with Crippen molar-refractivity contribution in [2.24, 2.45) is 0 Å². The van der Waals surface area contributed by atoms with Crippen LogP contribution < -0.4 is 5.32 Å². The molecule has 2 N–H and O–H groups in total. The molecule has 2 rings (SSSR count). The average molecular weight is 242 g/mol. The van der Waals surface area contributed by atoms with Gasteiger partial charge >= 0.3 is 5.97 Å². The van der Waals surface area contributed by atoms with Crippen LogP contribution in [0.5, 0.6) is 0 Å². The van der Waals surface area contributed by atoms with E-state index in [0.717, 1.165) is 17.3 Å². The quantitative estimate of drug-likeness (QED) is 0.625. The fourth-order valence-corrected chi connectivity index (χ4v) is 1.79. The van der Waals surface area contributed by atoms with Crippen LogP contribution >= 0.6 is 0 Å². The number of nitrogens with zero attached hydrogens (tertiary/aromatic N) is 1. The van der Waals surface area contributed by atoms with Crippen molar-refractivity contribution in [3.05, 3.63) is 48.7 Å². The highest BCUT2D eigenvalue weighted by atomic mass is 16.4. The number of para-hydroxylation sites is 1.